The van der Waals surface area contributed by atoms with Crippen LogP contribution in [0.5, 0.6) is 0 Å². The molecule has 1 aliphatic carbocycles. The van der Waals surface area contributed by atoms with Crippen LogP contribution in [0, 0.1) is 0 Å². The fourth-order valence-corrected chi connectivity index (χ4v) is 4.31. The van der Waals surface area contributed by atoms with Gasteiger partial charge in [-0.15, -0.1) is 0 Å². The van der Waals surface area contributed by atoms with E-state index in [4.69, 9.17) is 4.74 Å². The van der Waals surface area contributed by atoms with Gasteiger partial charge in [0.1, 0.15) is 12.1 Å². The minimum absolute atomic E-state index is 0.421. The quantitative estimate of drug-likeness (QED) is 0.761. The molecule has 0 N–H and O–H groups in total. The van der Waals surface area contributed by atoms with Crippen molar-refractivity contribution in [2.75, 3.05) is 18.0 Å². The van der Waals surface area contributed by atoms with Crippen molar-refractivity contribution < 1.29 is 4.74 Å². The summed E-state index contributed by atoms with van der Waals surface area (Å²) in [6, 6.07) is 6.20. The van der Waals surface area contributed by atoms with Gasteiger partial charge in [0, 0.05) is 22.9 Å². The second-order valence-electron chi connectivity index (χ2n) is 6.94. The topological polar surface area (TPSA) is 38.2 Å². The van der Waals surface area contributed by atoms with Crippen LogP contribution >= 0.6 is 15.9 Å². The van der Waals surface area contributed by atoms with Gasteiger partial charge < -0.3 is 9.64 Å². The number of hydrogen-bond acceptors (Lipinski definition) is 4. The van der Waals surface area contributed by atoms with Gasteiger partial charge in [0.25, 0.3) is 0 Å². The summed E-state index contributed by atoms with van der Waals surface area (Å²) in [5, 5.41) is 1.12. The molecular formula is C19H24BrN3O. The third kappa shape index (κ3) is 3.57. The second-order valence-corrected chi connectivity index (χ2v) is 7.86. The van der Waals surface area contributed by atoms with E-state index in [9.17, 15) is 0 Å². The van der Waals surface area contributed by atoms with Crippen LogP contribution in [0.3, 0.4) is 0 Å². The fourth-order valence-electron chi connectivity index (χ4n) is 3.94. The molecule has 1 saturated heterocycles. The predicted octanol–water partition coefficient (Wildman–Crippen LogP) is 4.71. The van der Waals surface area contributed by atoms with E-state index in [-0.39, 0.29) is 0 Å². The van der Waals surface area contributed by atoms with Crippen LogP contribution in [-0.2, 0) is 4.74 Å². The molecule has 2 aromatic rings. The summed E-state index contributed by atoms with van der Waals surface area (Å²) in [6.45, 7) is 2.02. The summed E-state index contributed by atoms with van der Waals surface area (Å²) in [6.07, 6.45) is 11.4. The first kappa shape index (κ1) is 16.3. The van der Waals surface area contributed by atoms with Crippen LogP contribution < -0.4 is 4.90 Å². The first-order chi connectivity index (χ1) is 11.8. The molecule has 1 aromatic carbocycles. The molecule has 5 heteroatoms. The number of hydrogen-bond donors (Lipinski definition) is 0. The van der Waals surface area contributed by atoms with Gasteiger partial charge in [0.15, 0.2) is 0 Å². The maximum Gasteiger partial charge on any atom is 0.139 e. The van der Waals surface area contributed by atoms with Crippen molar-refractivity contribution in [2.45, 2.75) is 57.2 Å². The Labute approximate surface area is 151 Å². The number of benzene rings is 1. The summed E-state index contributed by atoms with van der Waals surface area (Å²) < 4.78 is 7.43. The van der Waals surface area contributed by atoms with Gasteiger partial charge in [-0.1, -0.05) is 35.2 Å². The molecule has 0 atom stereocenters. The number of piperidine rings is 1. The van der Waals surface area contributed by atoms with E-state index in [1.807, 2.05) is 12.1 Å². The Hall–Kier alpha value is -1.20. The van der Waals surface area contributed by atoms with Gasteiger partial charge in [0.05, 0.1) is 17.7 Å². The fraction of sp³-hybridized carbons (Fsp3) is 0.579. The molecular weight excluding hydrogens is 366 g/mol. The highest BCUT2D eigenvalue weighted by atomic mass is 79.9. The van der Waals surface area contributed by atoms with Crippen molar-refractivity contribution >= 4 is 32.7 Å². The SMILES string of the molecule is Brc1ccc2ncnc(N3CCC(OC4CCCCC4)CC3)c2c1. The number of anilines is 1. The minimum atomic E-state index is 0.421. The maximum atomic E-state index is 6.36. The van der Waals surface area contributed by atoms with E-state index in [2.05, 4.69) is 36.9 Å². The summed E-state index contributed by atoms with van der Waals surface area (Å²) in [5.74, 6) is 1.05. The van der Waals surface area contributed by atoms with Crippen molar-refractivity contribution in [3.05, 3.63) is 29.0 Å². The van der Waals surface area contributed by atoms with Crippen LogP contribution in [0.25, 0.3) is 10.9 Å². The Morgan fingerprint density at radius 3 is 2.50 bits per heavy atom. The van der Waals surface area contributed by atoms with Crippen molar-refractivity contribution in [1.82, 2.24) is 9.97 Å². The molecule has 0 amide bonds. The molecule has 1 aliphatic heterocycles. The Morgan fingerprint density at radius 2 is 1.71 bits per heavy atom. The number of nitrogens with zero attached hydrogens (tertiary/aromatic N) is 3. The van der Waals surface area contributed by atoms with Crippen LogP contribution in [0.15, 0.2) is 29.0 Å². The third-order valence-electron chi connectivity index (χ3n) is 5.25. The smallest absolute Gasteiger partial charge is 0.139 e. The molecule has 4 rings (SSSR count). The highest BCUT2D eigenvalue weighted by Crippen LogP contribution is 2.30. The van der Waals surface area contributed by atoms with E-state index in [0.29, 0.717) is 12.2 Å². The normalized spacial score (nSPS) is 20.6. The van der Waals surface area contributed by atoms with Crippen molar-refractivity contribution in [3.63, 3.8) is 0 Å². The number of fused-ring (bicyclic) bond motifs is 1. The zero-order valence-corrected chi connectivity index (χ0v) is 15.5. The molecule has 0 spiro atoms. The highest BCUT2D eigenvalue weighted by Gasteiger charge is 2.25. The van der Waals surface area contributed by atoms with Crippen molar-refractivity contribution in [3.8, 4) is 0 Å². The summed E-state index contributed by atoms with van der Waals surface area (Å²) in [4.78, 5) is 11.3. The zero-order valence-electron chi connectivity index (χ0n) is 14.0. The highest BCUT2D eigenvalue weighted by molar-refractivity contribution is 9.10. The lowest BCUT2D eigenvalue weighted by Crippen LogP contribution is -2.39. The molecule has 2 aliphatic rings. The van der Waals surface area contributed by atoms with E-state index >= 15 is 0 Å². The molecule has 1 aromatic heterocycles. The van der Waals surface area contributed by atoms with E-state index in [1.54, 1.807) is 6.33 Å². The van der Waals surface area contributed by atoms with Crippen LogP contribution in [0.2, 0.25) is 0 Å². The molecule has 128 valence electrons. The molecule has 1 saturated carbocycles. The number of halogens is 1. The van der Waals surface area contributed by atoms with Gasteiger partial charge >= 0.3 is 0 Å². The van der Waals surface area contributed by atoms with Crippen molar-refractivity contribution in [1.29, 1.82) is 0 Å². The van der Waals surface area contributed by atoms with Crippen LogP contribution in [0.1, 0.15) is 44.9 Å². The first-order valence-electron chi connectivity index (χ1n) is 9.10. The van der Waals surface area contributed by atoms with Crippen LogP contribution in [-0.4, -0.2) is 35.3 Å². The Balaban J connectivity index is 1.43. The molecule has 0 unspecified atom stereocenters. The Kier molecular flexibility index (Phi) is 4.99. The monoisotopic (exact) mass is 389 g/mol. The molecule has 4 nitrogen and oxygen atoms in total. The lowest BCUT2D eigenvalue weighted by atomic mass is 9.97. The lowest BCUT2D eigenvalue weighted by molar-refractivity contribution is -0.0395. The average Bonchev–Trinajstić information content (AvgIpc) is 2.63. The average molecular weight is 390 g/mol. The first-order valence-corrected chi connectivity index (χ1v) is 9.89. The summed E-state index contributed by atoms with van der Waals surface area (Å²) in [5.41, 5.74) is 1.00. The molecule has 24 heavy (non-hydrogen) atoms. The number of aromatic nitrogens is 2. The maximum absolute atomic E-state index is 6.36. The van der Waals surface area contributed by atoms with E-state index < -0.39 is 0 Å². The van der Waals surface area contributed by atoms with Gasteiger partial charge in [-0.25, -0.2) is 9.97 Å². The Bertz CT molecular complexity index is 694. The number of rotatable bonds is 3. The van der Waals surface area contributed by atoms with Crippen molar-refractivity contribution in [2.24, 2.45) is 0 Å². The van der Waals surface area contributed by atoms with Gasteiger partial charge in [-0.2, -0.15) is 0 Å². The molecule has 2 heterocycles. The lowest BCUT2D eigenvalue weighted by Gasteiger charge is -2.35. The van der Waals surface area contributed by atoms with E-state index in [0.717, 1.165) is 47.1 Å². The van der Waals surface area contributed by atoms with Crippen LogP contribution in [0.4, 0.5) is 5.82 Å². The Morgan fingerprint density at radius 1 is 0.958 bits per heavy atom. The molecule has 0 radical (unpaired) electrons. The standard InChI is InChI=1S/C19H24BrN3O/c20-14-6-7-18-17(12-14)19(22-13-21-18)23-10-8-16(9-11-23)24-15-4-2-1-3-5-15/h6-7,12-13,15-16H,1-5,8-11H2. The molecule has 2 fully saturated rings. The van der Waals surface area contributed by atoms with Gasteiger partial charge in [-0.3, -0.25) is 0 Å². The van der Waals surface area contributed by atoms with E-state index in [1.165, 1.54) is 32.1 Å². The van der Waals surface area contributed by atoms with Gasteiger partial charge in [0.2, 0.25) is 0 Å². The second kappa shape index (κ2) is 7.36. The summed E-state index contributed by atoms with van der Waals surface area (Å²) in [7, 11) is 0. The summed E-state index contributed by atoms with van der Waals surface area (Å²) >= 11 is 3.56. The third-order valence-corrected chi connectivity index (χ3v) is 5.75. The largest absolute Gasteiger partial charge is 0.375 e. The predicted molar refractivity (Wildman–Crippen MR) is 100 cm³/mol. The zero-order chi connectivity index (χ0) is 16.4. The van der Waals surface area contributed by atoms with Gasteiger partial charge in [-0.05, 0) is 43.9 Å². The molecule has 0 bridgehead atoms. The minimum Gasteiger partial charge on any atom is -0.375 e. The number of ether oxygens (including phenoxy) is 1.